The van der Waals surface area contributed by atoms with Crippen molar-refractivity contribution in [3.8, 4) is 0 Å². The molecule has 1 aliphatic carbocycles. The normalized spacial score (nSPS) is 40.7. The largest absolute Gasteiger partial charge is 0.353 e. The number of nitrogens with zero attached hydrogens (tertiary/aromatic N) is 1. The molecule has 3 fully saturated rings. The van der Waals surface area contributed by atoms with Crippen LogP contribution in [-0.4, -0.2) is 31.6 Å². The molecule has 3 nitrogen and oxygen atoms in total. The summed E-state index contributed by atoms with van der Waals surface area (Å²) >= 11 is 0. The van der Waals surface area contributed by atoms with Crippen molar-refractivity contribution in [1.82, 2.24) is 5.32 Å². The fourth-order valence-corrected chi connectivity index (χ4v) is 5.08. The predicted octanol–water partition coefficient (Wildman–Crippen LogP) is 4.52. The summed E-state index contributed by atoms with van der Waals surface area (Å²) in [4.78, 5) is 0. The van der Waals surface area contributed by atoms with Gasteiger partial charge in [-0.15, -0.1) is 0 Å². The Morgan fingerprint density at radius 3 is 2.57 bits per heavy atom. The van der Waals surface area contributed by atoms with E-state index in [0.717, 1.165) is 37.3 Å². The summed E-state index contributed by atoms with van der Waals surface area (Å²) in [6.07, 6.45) is 13.5. The molecule has 0 spiro atoms. The van der Waals surface area contributed by atoms with Gasteiger partial charge in [0.2, 0.25) is 0 Å². The number of piperidine rings is 1. The lowest BCUT2D eigenvalue weighted by Crippen LogP contribution is -2.39. The second-order valence-electron chi connectivity index (χ2n) is 8.21. The van der Waals surface area contributed by atoms with Crippen molar-refractivity contribution in [2.45, 2.75) is 96.5 Å². The lowest BCUT2D eigenvalue weighted by atomic mass is 9.70. The van der Waals surface area contributed by atoms with Gasteiger partial charge in [-0.1, -0.05) is 12.8 Å². The molecule has 0 aromatic heterocycles. The minimum atomic E-state index is 0.0692. The van der Waals surface area contributed by atoms with Gasteiger partial charge in [0.25, 0.3) is 0 Å². The zero-order valence-corrected chi connectivity index (χ0v) is 15.2. The van der Waals surface area contributed by atoms with Crippen LogP contribution in [0, 0.1) is 17.8 Å². The van der Waals surface area contributed by atoms with E-state index in [2.05, 4.69) is 13.8 Å². The number of rotatable bonds is 5. The molecule has 4 unspecified atom stereocenters. The van der Waals surface area contributed by atoms with E-state index in [1.807, 2.05) is 0 Å². The monoisotopic (exact) mass is 322 g/mol. The Balaban J connectivity index is 1.36. The van der Waals surface area contributed by atoms with Crippen LogP contribution in [0.25, 0.3) is 0 Å². The summed E-state index contributed by atoms with van der Waals surface area (Å²) in [6, 6.07) is 0.607. The van der Waals surface area contributed by atoms with Crippen molar-refractivity contribution in [2.24, 2.45) is 17.8 Å². The predicted molar refractivity (Wildman–Crippen MR) is 93.4 cm³/mol. The molecule has 0 amide bonds. The number of hydrogen-bond acceptors (Lipinski definition) is 2. The van der Waals surface area contributed by atoms with E-state index in [1.54, 1.807) is 0 Å². The SMILES string of the molecule is CC(CC1CCC(C2CCC[N]C2C)CC1)OC1CCCCO1. The molecule has 2 heterocycles. The Morgan fingerprint density at radius 2 is 1.87 bits per heavy atom. The van der Waals surface area contributed by atoms with E-state index in [4.69, 9.17) is 14.8 Å². The third-order valence-corrected chi connectivity index (χ3v) is 6.42. The first-order valence-electron chi connectivity index (χ1n) is 10.2. The average Bonchev–Trinajstić information content (AvgIpc) is 2.57. The van der Waals surface area contributed by atoms with Crippen LogP contribution in [0.3, 0.4) is 0 Å². The van der Waals surface area contributed by atoms with E-state index in [0.29, 0.717) is 12.1 Å². The van der Waals surface area contributed by atoms with E-state index >= 15 is 0 Å². The minimum Gasteiger partial charge on any atom is -0.353 e. The molecule has 1 saturated carbocycles. The second kappa shape index (κ2) is 8.82. The van der Waals surface area contributed by atoms with Crippen molar-refractivity contribution >= 4 is 0 Å². The highest BCUT2D eigenvalue weighted by Gasteiger charge is 2.33. The van der Waals surface area contributed by atoms with Crippen LogP contribution >= 0.6 is 0 Å². The van der Waals surface area contributed by atoms with Crippen molar-refractivity contribution in [1.29, 1.82) is 0 Å². The molecule has 2 aliphatic heterocycles. The maximum atomic E-state index is 6.12. The minimum absolute atomic E-state index is 0.0692. The van der Waals surface area contributed by atoms with Crippen LogP contribution in [0.1, 0.15) is 78.1 Å². The molecule has 4 atom stereocenters. The summed E-state index contributed by atoms with van der Waals surface area (Å²) in [7, 11) is 0. The highest BCUT2D eigenvalue weighted by atomic mass is 16.7. The van der Waals surface area contributed by atoms with Crippen molar-refractivity contribution in [3.63, 3.8) is 0 Å². The maximum absolute atomic E-state index is 6.12. The molecule has 23 heavy (non-hydrogen) atoms. The Kier molecular flexibility index (Phi) is 6.79. The average molecular weight is 323 g/mol. The van der Waals surface area contributed by atoms with E-state index in [-0.39, 0.29) is 6.29 Å². The zero-order chi connectivity index (χ0) is 16.1. The van der Waals surface area contributed by atoms with Gasteiger partial charge in [0.05, 0.1) is 6.10 Å². The first-order chi connectivity index (χ1) is 11.2. The molecule has 0 N–H and O–H groups in total. The van der Waals surface area contributed by atoms with Gasteiger partial charge in [0, 0.05) is 19.2 Å². The molecule has 3 aliphatic rings. The summed E-state index contributed by atoms with van der Waals surface area (Å²) in [5, 5.41) is 4.79. The van der Waals surface area contributed by atoms with Gasteiger partial charge in [-0.2, -0.15) is 0 Å². The van der Waals surface area contributed by atoms with Crippen LogP contribution in [0.5, 0.6) is 0 Å². The zero-order valence-electron chi connectivity index (χ0n) is 15.2. The first-order valence-corrected chi connectivity index (χ1v) is 10.2. The highest BCUT2D eigenvalue weighted by Crippen LogP contribution is 2.39. The Morgan fingerprint density at radius 1 is 1.04 bits per heavy atom. The molecule has 0 bridgehead atoms. The summed E-state index contributed by atoms with van der Waals surface area (Å²) in [5.41, 5.74) is 0. The van der Waals surface area contributed by atoms with E-state index in [9.17, 15) is 0 Å². The van der Waals surface area contributed by atoms with Crippen LogP contribution in [-0.2, 0) is 9.47 Å². The number of ether oxygens (including phenoxy) is 2. The van der Waals surface area contributed by atoms with Crippen molar-refractivity contribution in [2.75, 3.05) is 13.2 Å². The Labute approximate surface area is 142 Å². The van der Waals surface area contributed by atoms with E-state index in [1.165, 1.54) is 57.8 Å². The highest BCUT2D eigenvalue weighted by molar-refractivity contribution is 4.86. The summed E-state index contributed by atoms with van der Waals surface area (Å²) < 4.78 is 11.8. The molecule has 3 rings (SSSR count). The maximum Gasteiger partial charge on any atom is 0.157 e. The fourth-order valence-electron chi connectivity index (χ4n) is 5.08. The van der Waals surface area contributed by atoms with Crippen LogP contribution in [0.4, 0.5) is 0 Å². The Hall–Kier alpha value is -0.120. The molecule has 3 heteroatoms. The Bertz CT molecular complexity index is 335. The van der Waals surface area contributed by atoms with Crippen LogP contribution < -0.4 is 5.32 Å². The van der Waals surface area contributed by atoms with Gasteiger partial charge in [-0.25, -0.2) is 5.32 Å². The van der Waals surface area contributed by atoms with Gasteiger partial charge < -0.3 is 9.47 Å². The molecule has 0 aromatic rings. The van der Waals surface area contributed by atoms with Gasteiger partial charge in [0.15, 0.2) is 6.29 Å². The van der Waals surface area contributed by atoms with Crippen LogP contribution in [0.2, 0.25) is 0 Å². The molecular formula is C20H36NO2. The topological polar surface area (TPSA) is 32.6 Å². The molecule has 0 aromatic carbocycles. The van der Waals surface area contributed by atoms with Crippen molar-refractivity contribution < 1.29 is 9.47 Å². The fraction of sp³-hybridized carbons (Fsp3) is 1.00. The first kappa shape index (κ1) is 17.7. The molecule has 2 saturated heterocycles. The number of hydrogen-bond donors (Lipinski definition) is 0. The third kappa shape index (κ3) is 5.17. The second-order valence-corrected chi connectivity index (χ2v) is 8.21. The van der Waals surface area contributed by atoms with Gasteiger partial charge >= 0.3 is 0 Å². The molecule has 1 radical (unpaired) electrons. The van der Waals surface area contributed by atoms with Crippen LogP contribution in [0.15, 0.2) is 0 Å². The van der Waals surface area contributed by atoms with Gasteiger partial charge in [-0.3, -0.25) is 0 Å². The third-order valence-electron chi connectivity index (χ3n) is 6.42. The lowest BCUT2D eigenvalue weighted by Gasteiger charge is -2.39. The standard InChI is InChI=1S/C20H36NO2/c1-15(23-20-7-3-4-13-22-20)14-17-8-10-18(11-9-17)19-6-5-12-21-16(19)2/h15-20H,3-14H2,1-2H3. The lowest BCUT2D eigenvalue weighted by molar-refractivity contribution is -0.187. The van der Waals surface area contributed by atoms with Crippen molar-refractivity contribution in [3.05, 3.63) is 0 Å². The summed E-state index contributed by atoms with van der Waals surface area (Å²) in [6.45, 7) is 6.57. The quantitative estimate of drug-likeness (QED) is 0.745. The molecular weight excluding hydrogens is 286 g/mol. The van der Waals surface area contributed by atoms with Gasteiger partial charge in [-0.05, 0) is 83.0 Å². The molecule has 133 valence electrons. The van der Waals surface area contributed by atoms with E-state index < -0.39 is 0 Å². The van der Waals surface area contributed by atoms with Gasteiger partial charge in [0.1, 0.15) is 0 Å². The summed E-state index contributed by atoms with van der Waals surface area (Å²) in [5.74, 6) is 2.66. The smallest absolute Gasteiger partial charge is 0.157 e.